The van der Waals surface area contributed by atoms with Crippen LogP contribution in [0, 0.1) is 10.1 Å². The fourth-order valence-electron chi connectivity index (χ4n) is 5.61. The van der Waals surface area contributed by atoms with E-state index in [9.17, 15) is 24.5 Å². The lowest BCUT2D eigenvalue weighted by molar-refractivity contribution is -0.384. The quantitative estimate of drug-likeness (QED) is 0.581. The molecule has 1 N–H and O–H groups in total. The van der Waals surface area contributed by atoms with Crippen LogP contribution in [0.1, 0.15) is 39.1 Å². The van der Waals surface area contributed by atoms with Gasteiger partial charge in [0.1, 0.15) is 0 Å². The average molecular weight is 401 g/mol. The van der Waals surface area contributed by atoms with Crippen molar-refractivity contribution in [1.82, 2.24) is 4.90 Å². The molecule has 1 fully saturated rings. The summed E-state index contributed by atoms with van der Waals surface area (Å²) < 4.78 is 0. The third kappa shape index (κ3) is 1.78. The number of non-ortho nitro benzene ring substituents is 1. The third-order valence-electron chi connectivity index (χ3n) is 6.72. The molecule has 0 aromatic heterocycles. The highest BCUT2D eigenvalue weighted by molar-refractivity contribution is 6.32. The van der Waals surface area contributed by atoms with Gasteiger partial charge in [0.05, 0.1) is 4.92 Å². The van der Waals surface area contributed by atoms with Gasteiger partial charge in [-0.25, -0.2) is 0 Å². The zero-order valence-electron chi connectivity index (χ0n) is 15.7. The van der Waals surface area contributed by atoms with Crippen LogP contribution < -0.4 is 5.32 Å². The van der Waals surface area contributed by atoms with Crippen molar-refractivity contribution in [1.29, 1.82) is 0 Å². The largest absolute Gasteiger partial charge is 0.323 e. The Bertz CT molecular complexity index is 1260. The van der Waals surface area contributed by atoms with E-state index in [1.807, 2.05) is 4.90 Å². The molecule has 0 bridgehead atoms. The second-order valence-corrected chi connectivity index (χ2v) is 8.00. The van der Waals surface area contributed by atoms with E-state index in [2.05, 4.69) is 5.32 Å². The number of benzene rings is 2. The van der Waals surface area contributed by atoms with E-state index in [0.29, 0.717) is 35.4 Å². The Labute approximate surface area is 170 Å². The normalized spacial score (nSPS) is 26.5. The van der Waals surface area contributed by atoms with Gasteiger partial charge in [0, 0.05) is 58.2 Å². The summed E-state index contributed by atoms with van der Waals surface area (Å²) in [5, 5.41) is 14.2. The van der Waals surface area contributed by atoms with Crippen LogP contribution in [0.4, 0.5) is 11.4 Å². The Balaban J connectivity index is 1.69. The molecule has 1 amide bonds. The Hall–Kier alpha value is -3.65. The SMILES string of the molecule is O=C1C2=C(C(=O)c3ccccc31)[C@@]1(C(=O)Nc3ccc([N+](=O)[O-])cc31)N1CCC[C@H]21. The van der Waals surface area contributed by atoms with Gasteiger partial charge in [-0.2, -0.15) is 0 Å². The summed E-state index contributed by atoms with van der Waals surface area (Å²) in [6.07, 6.45) is 1.42. The Morgan fingerprint density at radius 3 is 2.53 bits per heavy atom. The third-order valence-corrected chi connectivity index (χ3v) is 6.72. The number of amides is 1. The molecular formula is C22H15N3O5. The lowest BCUT2D eigenvalue weighted by Gasteiger charge is -2.35. The average Bonchev–Trinajstić information content (AvgIpc) is 3.39. The number of fused-ring (bicyclic) bond motifs is 7. The van der Waals surface area contributed by atoms with Crippen molar-refractivity contribution in [3.8, 4) is 0 Å². The van der Waals surface area contributed by atoms with Crippen LogP contribution in [0.5, 0.6) is 0 Å². The first-order valence-corrected chi connectivity index (χ1v) is 9.76. The molecule has 1 aliphatic carbocycles. The summed E-state index contributed by atoms with van der Waals surface area (Å²) >= 11 is 0. The molecule has 3 aliphatic heterocycles. The van der Waals surface area contributed by atoms with Crippen LogP contribution in [-0.4, -0.2) is 39.9 Å². The van der Waals surface area contributed by atoms with Gasteiger partial charge in [-0.3, -0.25) is 29.4 Å². The summed E-state index contributed by atoms with van der Waals surface area (Å²) in [7, 11) is 0. The summed E-state index contributed by atoms with van der Waals surface area (Å²) in [4.78, 5) is 53.4. The van der Waals surface area contributed by atoms with E-state index >= 15 is 0 Å². The van der Waals surface area contributed by atoms with E-state index in [-0.39, 0.29) is 34.4 Å². The fourth-order valence-corrected chi connectivity index (χ4v) is 5.61. The Morgan fingerprint density at radius 2 is 1.80 bits per heavy atom. The number of nitrogens with zero attached hydrogens (tertiary/aromatic N) is 2. The van der Waals surface area contributed by atoms with E-state index in [4.69, 9.17) is 0 Å². The zero-order chi connectivity index (χ0) is 20.8. The Morgan fingerprint density at radius 1 is 1.07 bits per heavy atom. The molecule has 2 atom stereocenters. The first-order chi connectivity index (χ1) is 14.5. The smallest absolute Gasteiger partial charge is 0.269 e. The molecule has 2 aromatic rings. The van der Waals surface area contributed by atoms with Crippen molar-refractivity contribution in [2.45, 2.75) is 24.4 Å². The van der Waals surface area contributed by atoms with Crippen molar-refractivity contribution >= 4 is 28.8 Å². The van der Waals surface area contributed by atoms with E-state index in [1.54, 1.807) is 24.3 Å². The minimum atomic E-state index is -1.52. The molecule has 0 unspecified atom stereocenters. The number of nitro benzene ring substituents is 1. The van der Waals surface area contributed by atoms with Crippen LogP contribution in [0.3, 0.4) is 0 Å². The van der Waals surface area contributed by atoms with Gasteiger partial charge in [0.15, 0.2) is 17.1 Å². The molecule has 4 aliphatic rings. The molecule has 6 rings (SSSR count). The van der Waals surface area contributed by atoms with Crippen molar-refractivity contribution in [3.63, 3.8) is 0 Å². The first-order valence-electron chi connectivity index (χ1n) is 9.76. The molecule has 0 radical (unpaired) electrons. The van der Waals surface area contributed by atoms with Gasteiger partial charge >= 0.3 is 0 Å². The summed E-state index contributed by atoms with van der Waals surface area (Å²) in [6, 6.07) is 10.5. The molecule has 1 spiro atoms. The predicted octanol–water partition coefficient (Wildman–Crippen LogP) is 2.60. The van der Waals surface area contributed by atoms with Gasteiger partial charge in [-0.1, -0.05) is 24.3 Å². The molecule has 3 heterocycles. The molecule has 0 saturated carbocycles. The first kappa shape index (κ1) is 17.2. The topological polar surface area (TPSA) is 110 Å². The van der Waals surface area contributed by atoms with Crippen molar-refractivity contribution < 1.29 is 19.3 Å². The van der Waals surface area contributed by atoms with Crippen LogP contribution >= 0.6 is 0 Å². The summed E-state index contributed by atoms with van der Waals surface area (Å²) in [5.41, 5.74) is 0.278. The maximum absolute atomic E-state index is 13.7. The standard InChI is InChI=1S/C22H15N3O5/c26-19-12-4-1-2-5-13(12)20(27)18-17(19)16-6-3-9-24(16)22(18)14-10-11(25(29)30)7-8-15(14)23-21(22)28/h1-2,4-5,7-8,10,16H,3,6,9H2,(H,23,28)/t16-,22+/m1/s1. The number of carbonyl (C=O) groups excluding carboxylic acids is 3. The number of hydrogen-bond acceptors (Lipinski definition) is 6. The number of nitro groups is 1. The van der Waals surface area contributed by atoms with Crippen molar-refractivity contribution in [3.05, 3.63) is 80.4 Å². The number of ketones is 2. The Kier molecular flexibility index (Phi) is 3.15. The van der Waals surface area contributed by atoms with Gasteiger partial charge in [-0.15, -0.1) is 0 Å². The number of Topliss-reactive ketones (excluding diaryl/α,β-unsaturated/α-hetero) is 2. The molecule has 148 valence electrons. The maximum Gasteiger partial charge on any atom is 0.269 e. The maximum atomic E-state index is 13.7. The minimum Gasteiger partial charge on any atom is -0.323 e. The molecule has 2 aromatic carbocycles. The van der Waals surface area contributed by atoms with Gasteiger partial charge < -0.3 is 5.32 Å². The predicted molar refractivity (Wildman–Crippen MR) is 105 cm³/mol. The van der Waals surface area contributed by atoms with E-state index in [0.717, 1.165) is 6.42 Å². The summed E-state index contributed by atoms with van der Waals surface area (Å²) in [6.45, 7) is 0.518. The number of anilines is 1. The second-order valence-electron chi connectivity index (χ2n) is 8.00. The van der Waals surface area contributed by atoms with Crippen molar-refractivity contribution in [2.75, 3.05) is 11.9 Å². The van der Waals surface area contributed by atoms with Crippen LogP contribution in [0.25, 0.3) is 0 Å². The van der Waals surface area contributed by atoms with Crippen molar-refractivity contribution in [2.24, 2.45) is 0 Å². The number of carbonyl (C=O) groups is 3. The van der Waals surface area contributed by atoms with Crippen LogP contribution in [-0.2, 0) is 10.3 Å². The second kappa shape index (κ2) is 5.48. The van der Waals surface area contributed by atoms with Crippen LogP contribution in [0.15, 0.2) is 53.6 Å². The molecule has 30 heavy (non-hydrogen) atoms. The molecule has 8 heteroatoms. The highest BCUT2D eigenvalue weighted by atomic mass is 16.6. The minimum absolute atomic E-state index is 0.160. The number of rotatable bonds is 1. The monoisotopic (exact) mass is 401 g/mol. The lowest BCUT2D eigenvalue weighted by atomic mass is 9.74. The van der Waals surface area contributed by atoms with Gasteiger partial charge in [0.25, 0.3) is 11.6 Å². The van der Waals surface area contributed by atoms with Crippen LogP contribution in [0.2, 0.25) is 0 Å². The lowest BCUT2D eigenvalue weighted by Crippen LogP contribution is -2.51. The van der Waals surface area contributed by atoms with E-state index < -0.39 is 16.4 Å². The highest BCUT2D eigenvalue weighted by Gasteiger charge is 2.66. The summed E-state index contributed by atoms with van der Waals surface area (Å²) in [5.74, 6) is -1.03. The molecule has 8 nitrogen and oxygen atoms in total. The number of nitrogens with one attached hydrogen (secondary N) is 1. The number of hydrogen-bond donors (Lipinski definition) is 1. The molecule has 1 saturated heterocycles. The molecular weight excluding hydrogens is 386 g/mol. The van der Waals surface area contributed by atoms with Gasteiger partial charge in [-0.05, 0) is 18.9 Å². The van der Waals surface area contributed by atoms with Gasteiger partial charge in [0.2, 0.25) is 0 Å². The highest BCUT2D eigenvalue weighted by Crippen LogP contribution is 2.57. The zero-order valence-corrected chi connectivity index (χ0v) is 15.7. The fraction of sp³-hybridized carbons (Fsp3) is 0.227. The van der Waals surface area contributed by atoms with E-state index in [1.165, 1.54) is 18.2 Å².